The molecule has 33 heavy (non-hydrogen) atoms. The number of halogens is 3. The molecule has 2 aromatic rings. The fourth-order valence-electron chi connectivity index (χ4n) is 4.20. The van der Waals surface area contributed by atoms with Crippen LogP contribution in [-0.2, 0) is 9.84 Å². The number of anilines is 1. The molecule has 1 amide bonds. The SMILES string of the molecule is CC(O)CC1(O)CCC(CS(=O)(=O)c2cc(C(=O)Nc3ccc(F)c(F)c3)ccc2Cl)CC1. The second kappa shape index (κ2) is 10.0. The molecule has 3 rings (SSSR count). The van der Waals surface area contributed by atoms with Gasteiger partial charge in [0, 0.05) is 23.7 Å². The third-order valence-electron chi connectivity index (χ3n) is 5.87. The van der Waals surface area contributed by atoms with E-state index in [1.54, 1.807) is 6.92 Å². The fraction of sp³-hybridized carbons (Fsp3) is 0.435. The van der Waals surface area contributed by atoms with Crippen LogP contribution in [0.1, 0.15) is 49.4 Å². The molecule has 180 valence electrons. The van der Waals surface area contributed by atoms with Crippen molar-refractivity contribution < 1.29 is 32.2 Å². The first kappa shape index (κ1) is 25.6. The second-order valence-corrected chi connectivity index (χ2v) is 11.1. The molecular formula is C23H26ClF2NO5S. The lowest BCUT2D eigenvalue weighted by atomic mass is 9.77. The van der Waals surface area contributed by atoms with Crippen LogP contribution in [0.25, 0.3) is 0 Å². The van der Waals surface area contributed by atoms with Crippen LogP contribution in [0.4, 0.5) is 14.5 Å². The van der Waals surface area contributed by atoms with Gasteiger partial charge in [-0.05, 0) is 68.9 Å². The topological polar surface area (TPSA) is 104 Å². The molecule has 2 aromatic carbocycles. The van der Waals surface area contributed by atoms with Crippen LogP contribution >= 0.6 is 11.6 Å². The van der Waals surface area contributed by atoms with E-state index < -0.39 is 39.1 Å². The number of rotatable bonds is 7. The molecule has 0 saturated heterocycles. The van der Waals surface area contributed by atoms with Crippen molar-refractivity contribution in [3.63, 3.8) is 0 Å². The van der Waals surface area contributed by atoms with Gasteiger partial charge in [0.05, 0.1) is 27.4 Å². The highest BCUT2D eigenvalue weighted by Gasteiger charge is 2.36. The van der Waals surface area contributed by atoms with Crippen LogP contribution < -0.4 is 5.32 Å². The van der Waals surface area contributed by atoms with Gasteiger partial charge >= 0.3 is 0 Å². The lowest BCUT2D eigenvalue weighted by Crippen LogP contribution is -2.38. The zero-order valence-electron chi connectivity index (χ0n) is 18.0. The Morgan fingerprint density at radius 2 is 1.85 bits per heavy atom. The minimum absolute atomic E-state index is 0.00217. The molecule has 0 aromatic heterocycles. The minimum Gasteiger partial charge on any atom is -0.393 e. The summed E-state index contributed by atoms with van der Waals surface area (Å²) in [7, 11) is -3.84. The van der Waals surface area contributed by atoms with E-state index >= 15 is 0 Å². The number of nitrogens with one attached hydrogen (secondary N) is 1. The van der Waals surface area contributed by atoms with Crippen LogP contribution in [-0.4, -0.2) is 42.0 Å². The summed E-state index contributed by atoms with van der Waals surface area (Å²) in [5.74, 6) is -3.26. The molecule has 10 heteroatoms. The Balaban J connectivity index is 1.72. The molecule has 1 aliphatic rings. The lowest BCUT2D eigenvalue weighted by molar-refractivity contribution is -0.0415. The molecule has 0 heterocycles. The third-order valence-corrected chi connectivity index (χ3v) is 8.23. The number of hydrogen-bond donors (Lipinski definition) is 3. The summed E-state index contributed by atoms with van der Waals surface area (Å²) in [6, 6.07) is 6.69. The Bertz CT molecular complexity index is 1130. The zero-order valence-corrected chi connectivity index (χ0v) is 19.6. The molecule has 0 radical (unpaired) electrons. The van der Waals surface area contributed by atoms with Crippen molar-refractivity contribution in [1.29, 1.82) is 0 Å². The number of hydrogen-bond acceptors (Lipinski definition) is 5. The number of amides is 1. The smallest absolute Gasteiger partial charge is 0.255 e. The van der Waals surface area contributed by atoms with Crippen molar-refractivity contribution in [2.24, 2.45) is 5.92 Å². The molecule has 6 nitrogen and oxygen atoms in total. The van der Waals surface area contributed by atoms with Crippen molar-refractivity contribution in [3.8, 4) is 0 Å². The number of carbonyl (C=O) groups excluding carboxylic acids is 1. The number of sulfone groups is 1. The largest absolute Gasteiger partial charge is 0.393 e. The third kappa shape index (κ3) is 6.50. The van der Waals surface area contributed by atoms with Crippen LogP contribution in [0.3, 0.4) is 0 Å². The average molecular weight is 502 g/mol. The van der Waals surface area contributed by atoms with E-state index in [9.17, 15) is 32.2 Å². The van der Waals surface area contributed by atoms with Gasteiger partial charge in [-0.1, -0.05) is 11.6 Å². The summed E-state index contributed by atoms with van der Waals surface area (Å²) < 4.78 is 52.6. The highest BCUT2D eigenvalue weighted by Crippen LogP contribution is 2.37. The predicted octanol–water partition coefficient (Wildman–Crippen LogP) is 4.34. The maximum Gasteiger partial charge on any atom is 0.255 e. The summed E-state index contributed by atoms with van der Waals surface area (Å²) in [4.78, 5) is 12.3. The van der Waals surface area contributed by atoms with E-state index in [1.165, 1.54) is 24.3 Å². The first-order chi connectivity index (χ1) is 15.4. The molecule has 1 atom stereocenters. The molecule has 1 unspecified atom stereocenters. The maximum absolute atomic E-state index is 13.4. The van der Waals surface area contributed by atoms with E-state index in [0.29, 0.717) is 25.7 Å². The van der Waals surface area contributed by atoms with Crippen molar-refractivity contribution in [2.45, 2.75) is 55.6 Å². The van der Waals surface area contributed by atoms with E-state index in [4.69, 9.17) is 11.6 Å². The molecule has 1 saturated carbocycles. The number of aliphatic hydroxyl groups is 2. The van der Waals surface area contributed by atoms with E-state index in [2.05, 4.69) is 5.32 Å². The van der Waals surface area contributed by atoms with Crippen LogP contribution in [0.15, 0.2) is 41.3 Å². The summed E-state index contributed by atoms with van der Waals surface area (Å²) >= 11 is 6.13. The normalized spacial score (nSPS) is 22.1. The fourth-order valence-corrected chi connectivity index (χ4v) is 6.47. The Hall–Kier alpha value is -2.07. The standard InChI is InChI=1S/C23H26ClF2NO5S/c1-14(28)12-23(30)8-6-15(7-9-23)13-33(31,32)21-10-16(2-4-18(21)24)22(29)27-17-3-5-19(25)20(26)11-17/h2-5,10-11,14-15,28,30H,6-9,12-13H2,1H3,(H,27,29). The Labute approximate surface area is 196 Å². The van der Waals surface area contributed by atoms with Gasteiger partial charge in [-0.2, -0.15) is 0 Å². The molecule has 1 fully saturated rings. The second-order valence-electron chi connectivity index (χ2n) is 8.73. The van der Waals surface area contributed by atoms with Gasteiger partial charge in [0.25, 0.3) is 5.91 Å². The Morgan fingerprint density at radius 3 is 2.45 bits per heavy atom. The van der Waals surface area contributed by atoms with Gasteiger partial charge in [-0.3, -0.25) is 4.79 Å². The van der Waals surface area contributed by atoms with Gasteiger partial charge in [0.15, 0.2) is 21.5 Å². The van der Waals surface area contributed by atoms with Gasteiger partial charge in [0.2, 0.25) is 0 Å². The van der Waals surface area contributed by atoms with E-state index in [1.807, 2.05) is 0 Å². The highest BCUT2D eigenvalue weighted by molar-refractivity contribution is 7.91. The number of carbonyl (C=O) groups is 1. The summed E-state index contributed by atoms with van der Waals surface area (Å²) in [5, 5.41) is 22.5. The summed E-state index contributed by atoms with van der Waals surface area (Å²) in [5.41, 5.74) is -0.980. The first-order valence-corrected chi connectivity index (χ1v) is 12.6. The highest BCUT2D eigenvalue weighted by atomic mass is 35.5. The molecular weight excluding hydrogens is 476 g/mol. The zero-order chi connectivity index (χ0) is 24.4. The Morgan fingerprint density at radius 1 is 1.18 bits per heavy atom. The van der Waals surface area contributed by atoms with E-state index in [-0.39, 0.29) is 39.3 Å². The Kier molecular flexibility index (Phi) is 7.78. The molecule has 0 bridgehead atoms. The van der Waals surface area contributed by atoms with Gasteiger partial charge in [-0.25, -0.2) is 17.2 Å². The minimum atomic E-state index is -3.84. The van der Waals surface area contributed by atoms with Gasteiger partial charge in [-0.15, -0.1) is 0 Å². The predicted molar refractivity (Wildman–Crippen MR) is 121 cm³/mol. The van der Waals surface area contributed by atoms with Gasteiger partial charge in [0.1, 0.15) is 0 Å². The van der Waals surface area contributed by atoms with Crippen molar-refractivity contribution in [3.05, 3.63) is 58.6 Å². The number of benzene rings is 2. The summed E-state index contributed by atoms with van der Waals surface area (Å²) in [6.07, 6.45) is 1.35. The van der Waals surface area contributed by atoms with Crippen LogP contribution in [0, 0.1) is 17.6 Å². The number of aliphatic hydroxyl groups excluding tert-OH is 1. The van der Waals surface area contributed by atoms with Crippen molar-refractivity contribution in [2.75, 3.05) is 11.1 Å². The van der Waals surface area contributed by atoms with Crippen molar-refractivity contribution >= 4 is 33.0 Å². The summed E-state index contributed by atoms with van der Waals surface area (Å²) in [6.45, 7) is 1.60. The lowest BCUT2D eigenvalue weighted by Gasteiger charge is -2.36. The van der Waals surface area contributed by atoms with Crippen LogP contribution in [0.2, 0.25) is 5.02 Å². The monoisotopic (exact) mass is 501 g/mol. The van der Waals surface area contributed by atoms with Gasteiger partial charge < -0.3 is 15.5 Å². The average Bonchev–Trinajstić information content (AvgIpc) is 2.72. The molecule has 0 spiro atoms. The maximum atomic E-state index is 13.4. The first-order valence-electron chi connectivity index (χ1n) is 10.6. The molecule has 3 N–H and O–H groups in total. The molecule has 0 aliphatic heterocycles. The van der Waals surface area contributed by atoms with E-state index in [0.717, 1.165) is 12.1 Å². The molecule has 1 aliphatic carbocycles. The van der Waals surface area contributed by atoms with Crippen molar-refractivity contribution in [1.82, 2.24) is 0 Å². The van der Waals surface area contributed by atoms with Crippen LogP contribution in [0.5, 0.6) is 0 Å². The quantitative estimate of drug-likeness (QED) is 0.523.